The SMILES string of the molecule is COc1cc(C(=O)O)ccc1Oc1cc(C)ccc1O. The van der Waals surface area contributed by atoms with Crippen LogP contribution >= 0.6 is 0 Å². The summed E-state index contributed by atoms with van der Waals surface area (Å²) in [6, 6.07) is 9.23. The lowest BCUT2D eigenvalue weighted by Crippen LogP contribution is -1.98. The molecule has 0 saturated carbocycles. The second kappa shape index (κ2) is 5.52. The van der Waals surface area contributed by atoms with E-state index >= 15 is 0 Å². The summed E-state index contributed by atoms with van der Waals surface area (Å²) in [7, 11) is 1.42. The quantitative estimate of drug-likeness (QED) is 0.895. The number of rotatable bonds is 4. The van der Waals surface area contributed by atoms with Crippen LogP contribution in [0, 0.1) is 6.92 Å². The molecule has 0 saturated heterocycles. The van der Waals surface area contributed by atoms with Crippen LogP contribution in [-0.4, -0.2) is 23.3 Å². The van der Waals surface area contributed by atoms with Gasteiger partial charge in [0.2, 0.25) is 0 Å². The molecule has 0 atom stereocenters. The van der Waals surface area contributed by atoms with Crippen LogP contribution in [0.2, 0.25) is 0 Å². The molecule has 0 radical (unpaired) electrons. The number of carbonyl (C=O) groups is 1. The fourth-order valence-corrected chi connectivity index (χ4v) is 1.71. The van der Waals surface area contributed by atoms with Crippen LogP contribution in [0.3, 0.4) is 0 Å². The first-order chi connectivity index (χ1) is 9.51. The van der Waals surface area contributed by atoms with Gasteiger partial charge in [0.15, 0.2) is 23.0 Å². The van der Waals surface area contributed by atoms with Crippen molar-refractivity contribution in [3.05, 3.63) is 47.5 Å². The Labute approximate surface area is 116 Å². The lowest BCUT2D eigenvalue weighted by Gasteiger charge is -2.12. The molecule has 0 aliphatic rings. The topological polar surface area (TPSA) is 76.0 Å². The van der Waals surface area contributed by atoms with E-state index in [-0.39, 0.29) is 22.8 Å². The largest absolute Gasteiger partial charge is 0.504 e. The maximum Gasteiger partial charge on any atom is 0.335 e. The van der Waals surface area contributed by atoms with E-state index in [0.29, 0.717) is 5.75 Å². The zero-order valence-corrected chi connectivity index (χ0v) is 11.1. The minimum Gasteiger partial charge on any atom is -0.504 e. The summed E-state index contributed by atoms with van der Waals surface area (Å²) in [5.74, 6) is -0.149. The van der Waals surface area contributed by atoms with E-state index in [4.69, 9.17) is 14.6 Å². The van der Waals surface area contributed by atoms with Gasteiger partial charge < -0.3 is 19.7 Å². The molecule has 0 bridgehead atoms. The Bertz CT molecular complexity index is 649. The van der Waals surface area contributed by atoms with Crippen molar-refractivity contribution in [2.75, 3.05) is 7.11 Å². The number of methoxy groups -OCH3 is 1. The second-order valence-corrected chi connectivity index (χ2v) is 4.24. The van der Waals surface area contributed by atoms with Gasteiger partial charge in [-0.3, -0.25) is 0 Å². The summed E-state index contributed by atoms with van der Waals surface area (Å²) in [5, 5.41) is 18.7. The van der Waals surface area contributed by atoms with Crippen LogP contribution in [-0.2, 0) is 0 Å². The Morgan fingerprint density at radius 1 is 1.05 bits per heavy atom. The number of phenolic OH excluding ortho intramolecular Hbond substituents is 1. The Balaban J connectivity index is 2.38. The number of ether oxygens (including phenoxy) is 2. The van der Waals surface area contributed by atoms with E-state index in [1.807, 2.05) is 6.92 Å². The first-order valence-corrected chi connectivity index (χ1v) is 5.90. The van der Waals surface area contributed by atoms with Gasteiger partial charge in [-0.05, 0) is 42.8 Å². The highest BCUT2D eigenvalue weighted by molar-refractivity contribution is 5.88. The number of benzene rings is 2. The summed E-state index contributed by atoms with van der Waals surface area (Å²) < 4.78 is 10.7. The number of aromatic carboxylic acids is 1. The van der Waals surface area contributed by atoms with Crippen molar-refractivity contribution >= 4 is 5.97 Å². The molecule has 0 aromatic heterocycles. The highest BCUT2D eigenvalue weighted by Crippen LogP contribution is 2.36. The predicted molar refractivity (Wildman–Crippen MR) is 72.9 cm³/mol. The fraction of sp³-hybridized carbons (Fsp3) is 0.133. The molecule has 20 heavy (non-hydrogen) atoms. The molecule has 0 unspecified atom stereocenters. The molecule has 5 nitrogen and oxygen atoms in total. The number of carboxylic acids is 1. The molecule has 2 rings (SSSR count). The van der Waals surface area contributed by atoms with E-state index < -0.39 is 5.97 Å². The van der Waals surface area contributed by atoms with Crippen molar-refractivity contribution in [2.45, 2.75) is 6.92 Å². The van der Waals surface area contributed by atoms with E-state index in [0.717, 1.165) is 5.56 Å². The van der Waals surface area contributed by atoms with Gasteiger partial charge in [-0.1, -0.05) is 6.07 Å². The van der Waals surface area contributed by atoms with Crippen LogP contribution in [0.15, 0.2) is 36.4 Å². The average molecular weight is 274 g/mol. The number of carboxylic acid groups (broad SMARTS) is 1. The average Bonchev–Trinajstić information content (AvgIpc) is 2.43. The number of aromatic hydroxyl groups is 1. The van der Waals surface area contributed by atoms with E-state index in [1.54, 1.807) is 12.1 Å². The number of hydrogen-bond acceptors (Lipinski definition) is 4. The number of aryl methyl sites for hydroxylation is 1. The van der Waals surface area contributed by atoms with Crippen molar-refractivity contribution in [3.8, 4) is 23.0 Å². The summed E-state index contributed by atoms with van der Waals surface area (Å²) in [6.45, 7) is 1.87. The Hall–Kier alpha value is -2.69. The van der Waals surface area contributed by atoms with Gasteiger partial charge in [-0.15, -0.1) is 0 Å². The molecule has 0 fully saturated rings. The molecule has 0 aliphatic carbocycles. The predicted octanol–water partition coefficient (Wildman–Crippen LogP) is 3.20. The highest BCUT2D eigenvalue weighted by Gasteiger charge is 2.12. The smallest absolute Gasteiger partial charge is 0.335 e. The van der Waals surface area contributed by atoms with Crippen LogP contribution in [0.1, 0.15) is 15.9 Å². The number of hydrogen-bond donors (Lipinski definition) is 2. The molecule has 0 spiro atoms. The molecule has 2 aromatic carbocycles. The van der Waals surface area contributed by atoms with E-state index in [2.05, 4.69) is 0 Å². The van der Waals surface area contributed by atoms with Crippen molar-refractivity contribution in [2.24, 2.45) is 0 Å². The lowest BCUT2D eigenvalue weighted by molar-refractivity contribution is 0.0696. The molecule has 2 N–H and O–H groups in total. The van der Waals surface area contributed by atoms with Crippen LogP contribution in [0.5, 0.6) is 23.0 Å². The summed E-state index contributed by atoms with van der Waals surface area (Å²) >= 11 is 0. The zero-order valence-electron chi connectivity index (χ0n) is 11.1. The van der Waals surface area contributed by atoms with Gasteiger partial charge in [-0.2, -0.15) is 0 Å². The maximum absolute atomic E-state index is 10.9. The van der Waals surface area contributed by atoms with Gasteiger partial charge in [-0.25, -0.2) is 4.79 Å². The van der Waals surface area contributed by atoms with E-state index in [9.17, 15) is 9.90 Å². The molecule has 104 valence electrons. The molecule has 0 heterocycles. The third-order valence-electron chi connectivity index (χ3n) is 2.75. The fourth-order valence-electron chi connectivity index (χ4n) is 1.71. The molecular weight excluding hydrogens is 260 g/mol. The minimum absolute atomic E-state index is 0.0000332. The first-order valence-electron chi connectivity index (χ1n) is 5.90. The van der Waals surface area contributed by atoms with Gasteiger partial charge >= 0.3 is 5.97 Å². The second-order valence-electron chi connectivity index (χ2n) is 4.24. The standard InChI is InChI=1S/C15H14O5/c1-9-3-5-11(16)13(7-9)20-12-6-4-10(15(17)18)8-14(12)19-2/h3-8,16H,1-2H3,(H,17,18). The molecule has 0 amide bonds. The lowest BCUT2D eigenvalue weighted by atomic mass is 10.2. The summed E-state index contributed by atoms with van der Waals surface area (Å²) in [5.41, 5.74) is 1.03. The first kappa shape index (κ1) is 13.7. The Morgan fingerprint density at radius 2 is 1.80 bits per heavy atom. The highest BCUT2D eigenvalue weighted by atomic mass is 16.5. The van der Waals surface area contributed by atoms with E-state index in [1.165, 1.54) is 31.4 Å². The van der Waals surface area contributed by atoms with Crippen LogP contribution in [0.25, 0.3) is 0 Å². The minimum atomic E-state index is -1.05. The van der Waals surface area contributed by atoms with Gasteiger partial charge in [0.1, 0.15) is 0 Å². The van der Waals surface area contributed by atoms with Gasteiger partial charge in [0, 0.05) is 0 Å². The third kappa shape index (κ3) is 2.83. The van der Waals surface area contributed by atoms with Gasteiger partial charge in [0.05, 0.1) is 12.7 Å². The zero-order chi connectivity index (χ0) is 14.7. The van der Waals surface area contributed by atoms with Gasteiger partial charge in [0.25, 0.3) is 0 Å². The Kier molecular flexibility index (Phi) is 3.79. The molecule has 0 aliphatic heterocycles. The molecular formula is C15H14O5. The maximum atomic E-state index is 10.9. The van der Waals surface area contributed by atoms with Crippen molar-refractivity contribution in [1.82, 2.24) is 0 Å². The summed E-state index contributed by atoms with van der Waals surface area (Å²) in [4.78, 5) is 10.9. The monoisotopic (exact) mass is 274 g/mol. The van der Waals surface area contributed by atoms with Crippen molar-refractivity contribution in [3.63, 3.8) is 0 Å². The van der Waals surface area contributed by atoms with Crippen LogP contribution in [0.4, 0.5) is 0 Å². The summed E-state index contributed by atoms with van der Waals surface area (Å²) in [6.07, 6.45) is 0. The molecule has 5 heteroatoms. The number of phenols is 1. The molecule has 2 aromatic rings. The van der Waals surface area contributed by atoms with Crippen molar-refractivity contribution in [1.29, 1.82) is 0 Å². The Morgan fingerprint density at radius 3 is 2.45 bits per heavy atom. The van der Waals surface area contributed by atoms with Crippen LogP contribution < -0.4 is 9.47 Å². The third-order valence-corrected chi connectivity index (χ3v) is 2.75. The van der Waals surface area contributed by atoms with Crippen molar-refractivity contribution < 1.29 is 24.5 Å². The normalized spacial score (nSPS) is 10.1.